The van der Waals surface area contributed by atoms with Crippen LogP contribution >= 0.6 is 0 Å². The lowest BCUT2D eigenvalue weighted by atomic mass is 10.2. The minimum atomic E-state index is -3.36. The summed E-state index contributed by atoms with van der Waals surface area (Å²) in [6, 6.07) is 0. The summed E-state index contributed by atoms with van der Waals surface area (Å²) in [4.78, 5) is 8.85. The van der Waals surface area contributed by atoms with Gasteiger partial charge in [0, 0.05) is 18.8 Å². The molecule has 0 spiro atoms. The predicted molar refractivity (Wildman–Crippen MR) is 80.1 cm³/mol. The average Bonchev–Trinajstić information content (AvgIpc) is 2.68. The Kier molecular flexibility index (Phi) is 3.27. The van der Waals surface area contributed by atoms with Crippen molar-refractivity contribution in [1.29, 1.82) is 0 Å². The Balaban J connectivity index is 2.25. The molecule has 1 atom stereocenters. The van der Waals surface area contributed by atoms with Gasteiger partial charge in [-0.3, -0.25) is 4.98 Å². The molecule has 114 valence electrons. The normalized spacial score (nSPS) is 20.5. The number of aromatic nitrogens is 3. The molecule has 3 heterocycles. The monoisotopic (exact) mass is 309 g/mol. The van der Waals surface area contributed by atoms with Crippen LogP contribution in [0.2, 0.25) is 0 Å². The van der Waals surface area contributed by atoms with Gasteiger partial charge in [-0.05, 0) is 25.8 Å². The van der Waals surface area contributed by atoms with Gasteiger partial charge < -0.3 is 10.3 Å². The minimum Gasteiger partial charge on any atom is -0.325 e. The van der Waals surface area contributed by atoms with Crippen molar-refractivity contribution in [2.24, 2.45) is 5.73 Å². The van der Waals surface area contributed by atoms with Gasteiger partial charge in [0.15, 0.2) is 0 Å². The van der Waals surface area contributed by atoms with E-state index in [0.717, 1.165) is 22.3 Å². The molecule has 21 heavy (non-hydrogen) atoms. The molecule has 7 nitrogen and oxygen atoms in total. The average molecular weight is 309 g/mol. The molecule has 0 aromatic carbocycles. The zero-order valence-corrected chi connectivity index (χ0v) is 13.2. The molecule has 8 heteroatoms. The molecule has 1 aliphatic rings. The fourth-order valence-electron chi connectivity index (χ4n) is 2.88. The molecule has 2 aromatic rings. The van der Waals surface area contributed by atoms with Crippen LogP contribution in [-0.2, 0) is 16.6 Å². The molecule has 3 rings (SSSR count). The largest absolute Gasteiger partial charge is 0.325 e. The van der Waals surface area contributed by atoms with Crippen LogP contribution in [0, 0.1) is 13.8 Å². The van der Waals surface area contributed by atoms with Gasteiger partial charge in [-0.25, -0.2) is 13.4 Å². The second kappa shape index (κ2) is 4.75. The Morgan fingerprint density at radius 1 is 1.33 bits per heavy atom. The maximum atomic E-state index is 11.9. The fraction of sp³-hybridized carbons (Fsp3) is 0.538. The molecule has 0 bridgehead atoms. The summed E-state index contributed by atoms with van der Waals surface area (Å²) in [6.07, 6.45) is 2.86. The summed E-state index contributed by atoms with van der Waals surface area (Å²) in [6.45, 7) is 5.07. The third-order valence-corrected chi connectivity index (χ3v) is 5.33. The van der Waals surface area contributed by atoms with E-state index in [0.29, 0.717) is 25.3 Å². The predicted octanol–water partition coefficient (Wildman–Crippen LogP) is 0.671. The maximum Gasteiger partial charge on any atom is 0.212 e. The van der Waals surface area contributed by atoms with Crippen molar-refractivity contribution in [2.75, 3.05) is 12.8 Å². The number of rotatable bonds is 1. The van der Waals surface area contributed by atoms with Crippen molar-refractivity contribution in [1.82, 2.24) is 18.8 Å². The first-order valence-electron chi connectivity index (χ1n) is 6.85. The summed E-state index contributed by atoms with van der Waals surface area (Å²) >= 11 is 0. The first kappa shape index (κ1) is 14.4. The third kappa shape index (κ3) is 2.23. The Hall–Kier alpha value is -1.51. The number of hydrogen-bond acceptors (Lipinski definition) is 5. The number of pyridine rings is 1. The van der Waals surface area contributed by atoms with Crippen molar-refractivity contribution in [3.8, 4) is 0 Å². The summed E-state index contributed by atoms with van der Waals surface area (Å²) in [5.74, 6) is 0.587. The SMILES string of the molecule is Cc1ncc2nc3n(c2c1C)CCCN(S(C)(=O)=O)C3N. The highest BCUT2D eigenvalue weighted by Gasteiger charge is 2.31. The standard InChI is InChI=1S/C13H19N5O2S/c1-8-9(2)15-7-10-11(8)17-5-4-6-18(21(3,19)20)12(14)13(17)16-10/h7,12H,4-6,14H2,1-3H3. The van der Waals surface area contributed by atoms with E-state index in [1.54, 1.807) is 6.20 Å². The lowest BCUT2D eigenvalue weighted by Gasteiger charge is -2.23. The molecule has 0 aliphatic carbocycles. The quantitative estimate of drug-likeness (QED) is 0.835. The number of imidazole rings is 1. The van der Waals surface area contributed by atoms with Gasteiger partial charge in [-0.15, -0.1) is 0 Å². The molecule has 1 aliphatic heterocycles. The van der Waals surface area contributed by atoms with E-state index < -0.39 is 16.2 Å². The van der Waals surface area contributed by atoms with E-state index in [2.05, 4.69) is 9.97 Å². The second-order valence-corrected chi connectivity index (χ2v) is 7.43. The van der Waals surface area contributed by atoms with Crippen LogP contribution in [0.5, 0.6) is 0 Å². The minimum absolute atomic E-state index is 0.411. The molecule has 0 saturated heterocycles. The highest BCUT2D eigenvalue weighted by molar-refractivity contribution is 7.88. The summed E-state index contributed by atoms with van der Waals surface area (Å²) in [5, 5.41) is 0. The molecule has 0 radical (unpaired) electrons. The van der Waals surface area contributed by atoms with Crippen LogP contribution in [0.15, 0.2) is 6.20 Å². The van der Waals surface area contributed by atoms with Crippen LogP contribution < -0.4 is 5.73 Å². The summed E-state index contributed by atoms with van der Waals surface area (Å²) in [5.41, 5.74) is 9.95. The van der Waals surface area contributed by atoms with Gasteiger partial charge in [0.25, 0.3) is 0 Å². The van der Waals surface area contributed by atoms with E-state index in [4.69, 9.17) is 5.73 Å². The lowest BCUT2D eigenvalue weighted by molar-refractivity contribution is 0.333. The summed E-state index contributed by atoms with van der Waals surface area (Å²) in [7, 11) is -3.36. The molecular weight excluding hydrogens is 290 g/mol. The first-order valence-corrected chi connectivity index (χ1v) is 8.70. The van der Waals surface area contributed by atoms with Crippen LogP contribution in [0.4, 0.5) is 0 Å². The van der Waals surface area contributed by atoms with Crippen LogP contribution in [0.1, 0.15) is 29.7 Å². The molecule has 2 aromatic heterocycles. The van der Waals surface area contributed by atoms with Crippen molar-refractivity contribution < 1.29 is 8.42 Å². The number of nitrogens with two attached hydrogens (primary N) is 1. The number of nitrogens with zero attached hydrogens (tertiary/aromatic N) is 4. The molecular formula is C13H19N5O2S. The number of aryl methyl sites for hydroxylation is 3. The van der Waals surface area contributed by atoms with Crippen LogP contribution in [0.3, 0.4) is 0 Å². The van der Waals surface area contributed by atoms with Crippen molar-refractivity contribution in [3.05, 3.63) is 23.3 Å². The fourth-order valence-corrected chi connectivity index (χ4v) is 3.84. The Bertz CT molecular complexity index is 812. The molecule has 0 amide bonds. The maximum absolute atomic E-state index is 11.9. The number of fused-ring (bicyclic) bond motifs is 3. The van der Waals surface area contributed by atoms with Gasteiger partial charge in [0.1, 0.15) is 17.5 Å². The molecule has 1 unspecified atom stereocenters. The molecule has 0 saturated carbocycles. The van der Waals surface area contributed by atoms with E-state index in [1.807, 2.05) is 18.4 Å². The Labute approximate surface area is 123 Å². The highest BCUT2D eigenvalue weighted by Crippen LogP contribution is 2.28. The van der Waals surface area contributed by atoms with Crippen LogP contribution in [-0.4, -0.2) is 40.1 Å². The third-order valence-electron chi connectivity index (χ3n) is 4.06. The number of sulfonamides is 1. The zero-order valence-electron chi connectivity index (χ0n) is 12.4. The van der Waals surface area contributed by atoms with Crippen molar-refractivity contribution >= 4 is 21.1 Å². The smallest absolute Gasteiger partial charge is 0.212 e. The Morgan fingerprint density at radius 2 is 2.05 bits per heavy atom. The zero-order chi connectivity index (χ0) is 15.4. The van der Waals surface area contributed by atoms with E-state index >= 15 is 0 Å². The molecule has 2 N–H and O–H groups in total. The topological polar surface area (TPSA) is 94.1 Å². The lowest BCUT2D eigenvalue weighted by Crippen LogP contribution is -2.39. The number of hydrogen-bond donors (Lipinski definition) is 1. The van der Waals surface area contributed by atoms with Crippen molar-refractivity contribution in [3.63, 3.8) is 0 Å². The van der Waals surface area contributed by atoms with E-state index in [9.17, 15) is 8.42 Å². The van der Waals surface area contributed by atoms with E-state index in [-0.39, 0.29) is 0 Å². The van der Waals surface area contributed by atoms with Gasteiger partial charge in [-0.1, -0.05) is 0 Å². The van der Waals surface area contributed by atoms with E-state index in [1.165, 1.54) is 10.6 Å². The highest BCUT2D eigenvalue weighted by atomic mass is 32.2. The van der Waals surface area contributed by atoms with Gasteiger partial charge in [0.2, 0.25) is 10.0 Å². The van der Waals surface area contributed by atoms with Gasteiger partial charge in [-0.2, -0.15) is 4.31 Å². The van der Waals surface area contributed by atoms with Gasteiger partial charge in [0.05, 0.1) is 18.0 Å². The van der Waals surface area contributed by atoms with Gasteiger partial charge >= 0.3 is 0 Å². The summed E-state index contributed by atoms with van der Waals surface area (Å²) < 4.78 is 27.1. The first-order chi connectivity index (χ1) is 9.80. The van der Waals surface area contributed by atoms with Crippen LogP contribution in [0.25, 0.3) is 11.0 Å². The van der Waals surface area contributed by atoms with Crippen molar-refractivity contribution in [2.45, 2.75) is 33.0 Å². The Morgan fingerprint density at radius 3 is 2.71 bits per heavy atom. The second-order valence-electron chi connectivity index (χ2n) is 5.50. The molecule has 0 fully saturated rings.